The number of para-hydroxylation sites is 1. The van der Waals surface area contributed by atoms with Crippen LogP contribution in [0.3, 0.4) is 0 Å². The molecule has 0 unspecified atom stereocenters. The van der Waals surface area contributed by atoms with Gasteiger partial charge in [0, 0.05) is 17.7 Å². The molecular weight excluding hydrogens is 354 g/mol. The fraction of sp³-hybridized carbons (Fsp3) is 0.111. The van der Waals surface area contributed by atoms with Crippen LogP contribution in [-0.2, 0) is 4.79 Å². The largest absolute Gasteiger partial charge is 0.496 e. The van der Waals surface area contributed by atoms with Gasteiger partial charge < -0.3 is 10.1 Å². The molecule has 0 aliphatic carbocycles. The van der Waals surface area contributed by atoms with Gasteiger partial charge in [0.2, 0.25) is 5.91 Å². The van der Waals surface area contributed by atoms with Gasteiger partial charge in [-0.15, -0.1) is 0 Å². The van der Waals surface area contributed by atoms with E-state index in [2.05, 4.69) is 10.6 Å². The van der Waals surface area contributed by atoms with Crippen LogP contribution < -0.4 is 15.4 Å². The van der Waals surface area contributed by atoms with Gasteiger partial charge in [0.1, 0.15) is 5.75 Å². The maximum Gasteiger partial charge on any atom is 0.274 e. The number of ether oxygens (including phenoxy) is 1. The van der Waals surface area contributed by atoms with Crippen LogP contribution in [0.4, 0.5) is 11.4 Å². The highest BCUT2D eigenvalue weighted by Crippen LogP contribution is 2.24. The summed E-state index contributed by atoms with van der Waals surface area (Å²) in [5.41, 5.74) is 1.61. The molecule has 134 valence electrons. The minimum atomic E-state index is -0.474. The van der Waals surface area contributed by atoms with E-state index in [1.807, 2.05) is 18.2 Å². The molecule has 0 bridgehead atoms. The van der Waals surface area contributed by atoms with Crippen molar-refractivity contribution in [3.63, 3.8) is 0 Å². The Kier molecular flexibility index (Phi) is 6.40. The summed E-state index contributed by atoms with van der Waals surface area (Å²) in [6.45, 7) is 1.60. The Morgan fingerprint density at radius 3 is 2.65 bits per heavy atom. The van der Waals surface area contributed by atoms with Crippen LogP contribution in [0.25, 0.3) is 6.08 Å². The van der Waals surface area contributed by atoms with E-state index in [0.717, 1.165) is 5.56 Å². The lowest BCUT2D eigenvalue weighted by atomic mass is 10.1. The first kappa shape index (κ1) is 19.1. The molecule has 2 aromatic carbocycles. The van der Waals surface area contributed by atoms with Crippen molar-refractivity contribution in [1.29, 1.82) is 0 Å². The maximum absolute atomic E-state index is 12.0. The molecular formula is C18H17N3O4S. The van der Waals surface area contributed by atoms with Gasteiger partial charge in [0.05, 0.1) is 23.3 Å². The number of carbonyl (C=O) groups excluding carboxylic acids is 1. The SMILES string of the molecule is COc1ccccc1/C=C/C(=O)NC(=S)Nc1cccc([N+](=O)[O-])c1C. The van der Waals surface area contributed by atoms with Crippen molar-refractivity contribution < 1.29 is 14.5 Å². The number of thiocarbonyl (C=S) groups is 1. The number of nitrogens with one attached hydrogen (secondary N) is 2. The topological polar surface area (TPSA) is 93.5 Å². The van der Waals surface area contributed by atoms with E-state index in [1.54, 1.807) is 38.3 Å². The van der Waals surface area contributed by atoms with Crippen molar-refractivity contribution in [3.05, 3.63) is 69.8 Å². The summed E-state index contributed by atoms with van der Waals surface area (Å²) in [5, 5.41) is 16.3. The van der Waals surface area contributed by atoms with Crippen molar-refractivity contribution in [2.45, 2.75) is 6.92 Å². The first-order chi connectivity index (χ1) is 12.4. The first-order valence-corrected chi connectivity index (χ1v) is 8.00. The van der Waals surface area contributed by atoms with Gasteiger partial charge in [-0.25, -0.2) is 0 Å². The number of benzene rings is 2. The fourth-order valence-corrected chi connectivity index (χ4v) is 2.44. The van der Waals surface area contributed by atoms with Crippen molar-refractivity contribution in [2.24, 2.45) is 0 Å². The molecule has 0 radical (unpaired) electrons. The summed E-state index contributed by atoms with van der Waals surface area (Å²) in [5.74, 6) is 0.209. The predicted molar refractivity (Wildman–Crippen MR) is 104 cm³/mol. The molecule has 0 aliphatic rings. The van der Waals surface area contributed by atoms with E-state index in [0.29, 0.717) is 17.0 Å². The molecule has 0 saturated carbocycles. The lowest BCUT2D eigenvalue weighted by molar-refractivity contribution is -0.385. The molecule has 0 aliphatic heterocycles. The predicted octanol–water partition coefficient (Wildman–Crippen LogP) is 3.44. The third-order valence-electron chi connectivity index (χ3n) is 3.54. The van der Waals surface area contributed by atoms with Gasteiger partial charge in [0.15, 0.2) is 5.11 Å². The summed E-state index contributed by atoms with van der Waals surface area (Å²) in [7, 11) is 1.55. The Labute approximate surface area is 155 Å². The molecule has 0 spiro atoms. The highest BCUT2D eigenvalue weighted by Gasteiger charge is 2.14. The van der Waals surface area contributed by atoms with Gasteiger partial charge in [-0.05, 0) is 37.4 Å². The Morgan fingerprint density at radius 1 is 1.23 bits per heavy atom. The normalized spacial score (nSPS) is 10.4. The number of nitrogens with zero attached hydrogens (tertiary/aromatic N) is 1. The van der Waals surface area contributed by atoms with Crippen LogP contribution in [0.15, 0.2) is 48.5 Å². The van der Waals surface area contributed by atoms with Gasteiger partial charge in [-0.1, -0.05) is 24.3 Å². The van der Waals surface area contributed by atoms with Crippen LogP contribution in [0, 0.1) is 17.0 Å². The summed E-state index contributed by atoms with van der Waals surface area (Å²) < 4.78 is 5.21. The summed E-state index contributed by atoms with van der Waals surface area (Å²) >= 11 is 5.09. The maximum atomic E-state index is 12.0. The number of anilines is 1. The standard InChI is InChI=1S/C18H17N3O4S/c1-12-14(7-5-8-15(12)21(23)24)19-18(26)20-17(22)11-10-13-6-3-4-9-16(13)25-2/h3-11H,1-2H3,(H2,19,20,22,26)/b11-10+. The first-order valence-electron chi connectivity index (χ1n) is 7.59. The lowest BCUT2D eigenvalue weighted by Gasteiger charge is -2.10. The van der Waals surface area contributed by atoms with Gasteiger partial charge in [-0.3, -0.25) is 20.2 Å². The molecule has 0 aromatic heterocycles. The second kappa shape index (κ2) is 8.72. The monoisotopic (exact) mass is 371 g/mol. The Bertz CT molecular complexity index is 880. The molecule has 0 atom stereocenters. The van der Waals surface area contributed by atoms with Crippen LogP contribution in [0.2, 0.25) is 0 Å². The zero-order chi connectivity index (χ0) is 19.1. The van der Waals surface area contributed by atoms with Gasteiger partial charge >= 0.3 is 0 Å². The van der Waals surface area contributed by atoms with E-state index in [4.69, 9.17) is 17.0 Å². The van der Waals surface area contributed by atoms with Crippen molar-refractivity contribution in [3.8, 4) is 5.75 Å². The van der Waals surface area contributed by atoms with Crippen LogP contribution in [0.1, 0.15) is 11.1 Å². The number of nitro benzene ring substituents is 1. The van der Waals surface area contributed by atoms with Crippen molar-refractivity contribution in [2.75, 3.05) is 12.4 Å². The van der Waals surface area contributed by atoms with Crippen LogP contribution >= 0.6 is 12.2 Å². The molecule has 8 heteroatoms. The quantitative estimate of drug-likeness (QED) is 0.362. The third-order valence-corrected chi connectivity index (χ3v) is 3.74. The highest BCUT2D eigenvalue weighted by molar-refractivity contribution is 7.80. The van der Waals surface area contributed by atoms with E-state index < -0.39 is 10.8 Å². The number of rotatable bonds is 5. The lowest BCUT2D eigenvalue weighted by Crippen LogP contribution is -2.33. The zero-order valence-corrected chi connectivity index (χ0v) is 15.0. The van der Waals surface area contributed by atoms with Crippen LogP contribution in [0.5, 0.6) is 5.75 Å². The van der Waals surface area contributed by atoms with Gasteiger partial charge in [0.25, 0.3) is 5.69 Å². The molecule has 26 heavy (non-hydrogen) atoms. The molecule has 2 rings (SSSR count). The molecule has 0 heterocycles. The molecule has 0 fully saturated rings. The number of amides is 1. The van der Waals surface area contributed by atoms with Gasteiger partial charge in [-0.2, -0.15) is 0 Å². The van der Waals surface area contributed by atoms with Crippen molar-refractivity contribution >= 4 is 40.7 Å². The zero-order valence-electron chi connectivity index (χ0n) is 14.2. The highest BCUT2D eigenvalue weighted by atomic mass is 32.1. The summed E-state index contributed by atoms with van der Waals surface area (Å²) in [6, 6.07) is 11.8. The second-order valence-electron chi connectivity index (χ2n) is 5.23. The molecule has 2 aromatic rings. The van der Waals surface area contributed by atoms with E-state index in [1.165, 1.54) is 12.1 Å². The molecule has 2 N–H and O–H groups in total. The Balaban J connectivity index is 2.02. The van der Waals surface area contributed by atoms with Crippen molar-refractivity contribution in [1.82, 2.24) is 5.32 Å². The van der Waals surface area contributed by atoms with Crippen LogP contribution in [-0.4, -0.2) is 23.1 Å². The summed E-state index contributed by atoms with van der Waals surface area (Å²) in [6.07, 6.45) is 2.93. The second-order valence-corrected chi connectivity index (χ2v) is 5.63. The number of methoxy groups -OCH3 is 1. The van der Waals surface area contributed by atoms with E-state index in [9.17, 15) is 14.9 Å². The average molecular weight is 371 g/mol. The number of nitro groups is 1. The smallest absolute Gasteiger partial charge is 0.274 e. The Hall–Kier alpha value is -3.26. The minimum Gasteiger partial charge on any atom is -0.496 e. The molecule has 1 amide bonds. The fourth-order valence-electron chi connectivity index (χ4n) is 2.23. The molecule has 7 nitrogen and oxygen atoms in total. The minimum absolute atomic E-state index is 0.0276. The molecule has 0 saturated heterocycles. The number of hydrogen-bond acceptors (Lipinski definition) is 5. The number of hydrogen-bond donors (Lipinski definition) is 2. The third kappa shape index (κ3) is 4.87. The summed E-state index contributed by atoms with van der Waals surface area (Å²) in [4.78, 5) is 22.5. The number of carbonyl (C=O) groups is 1. The average Bonchev–Trinajstić information content (AvgIpc) is 2.61. The van der Waals surface area contributed by atoms with E-state index in [-0.39, 0.29) is 10.8 Å². The Morgan fingerprint density at radius 2 is 1.96 bits per heavy atom. The van der Waals surface area contributed by atoms with E-state index >= 15 is 0 Å².